The lowest BCUT2D eigenvalue weighted by Gasteiger charge is -2.37. The largest absolute Gasteiger partial charge is 0.466 e. The number of ether oxygens (including phenoxy) is 1. The molecule has 2 rings (SSSR count). The van der Waals surface area contributed by atoms with E-state index in [1.807, 2.05) is 19.2 Å². The van der Waals surface area contributed by atoms with Crippen LogP contribution in [-0.4, -0.2) is 25.9 Å². The number of rotatable bonds is 7. The maximum absolute atomic E-state index is 12.2. The van der Waals surface area contributed by atoms with Gasteiger partial charge in [0.1, 0.15) is 0 Å². The van der Waals surface area contributed by atoms with E-state index in [0.29, 0.717) is 19.4 Å². The molecule has 1 aliphatic rings. The summed E-state index contributed by atoms with van der Waals surface area (Å²) in [6.45, 7) is 8.96. The fourth-order valence-electron chi connectivity index (χ4n) is 3.48. The smallest absolute Gasteiger partial charge is 0.309 e. The lowest BCUT2D eigenvalue weighted by Crippen LogP contribution is -2.40. The minimum atomic E-state index is -1.75. The third kappa shape index (κ3) is 4.01. The van der Waals surface area contributed by atoms with E-state index in [9.17, 15) is 4.79 Å². The number of carbonyl (C=O) groups excluding carboxylic acids is 1. The Morgan fingerprint density at radius 2 is 1.96 bits per heavy atom. The maximum atomic E-state index is 12.2. The molecule has 0 spiro atoms. The summed E-state index contributed by atoms with van der Waals surface area (Å²) in [5, 5.41) is 0. The van der Waals surface area contributed by atoms with E-state index < -0.39 is 8.32 Å². The zero-order valence-electron chi connectivity index (χ0n) is 14.8. The lowest BCUT2D eigenvalue weighted by molar-refractivity contribution is -0.149. The van der Waals surface area contributed by atoms with Crippen molar-refractivity contribution in [2.24, 2.45) is 5.92 Å². The molecule has 0 fully saturated rings. The van der Waals surface area contributed by atoms with E-state index in [0.717, 1.165) is 29.4 Å². The van der Waals surface area contributed by atoms with Crippen molar-refractivity contribution in [3.8, 4) is 0 Å². The maximum Gasteiger partial charge on any atom is 0.309 e. The first kappa shape index (κ1) is 18.1. The zero-order chi connectivity index (χ0) is 16.9. The number of hydrogen-bond acceptors (Lipinski definition) is 4. The first-order valence-electron chi connectivity index (χ1n) is 8.87. The van der Waals surface area contributed by atoms with E-state index in [1.165, 1.54) is 0 Å². The molecule has 23 heavy (non-hydrogen) atoms. The van der Waals surface area contributed by atoms with E-state index >= 15 is 0 Å². The van der Waals surface area contributed by atoms with Crippen LogP contribution in [0, 0.1) is 5.92 Å². The van der Waals surface area contributed by atoms with Crippen molar-refractivity contribution in [3.05, 3.63) is 29.6 Å². The molecule has 0 radical (unpaired) electrons. The SMILES string of the molecule is CCOC(=O)[C@@H]1Cc2cccnc2[C@@H](O[Si](CC)(CC)CC)C1. The molecule has 0 bridgehead atoms. The third-order valence-electron chi connectivity index (χ3n) is 5.14. The molecular weight excluding hydrogens is 306 g/mol. The fourth-order valence-corrected chi connectivity index (χ4v) is 6.29. The van der Waals surface area contributed by atoms with Crippen LogP contribution >= 0.6 is 0 Å². The molecule has 1 aromatic heterocycles. The van der Waals surface area contributed by atoms with E-state index in [4.69, 9.17) is 9.16 Å². The first-order valence-corrected chi connectivity index (χ1v) is 11.4. The van der Waals surface area contributed by atoms with Crippen LogP contribution < -0.4 is 0 Å². The number of fused-ring (bicyclic) bond motifs is 1. The molecule has 0 aromatic carbocycles. The number of carbonyl (C=O) groups is 1. The highest BCUT2D eigenvalue weighted by Crippen LogP contribution is 2.39. The molecule has 0 saturated carbocycles. The van der Waals surface area contributed by atoms with E-state index in [-0.39, 0.29) is 18.0 Å². The van der Waals surface area contributed by atoms with Gasteiger partial charge in [0.05, 0.1) is 24.3 Å². The first-order chi connectivity index (χ1) is 11.1. The lowest BCUT2D eigenvalue weighted by atomic mass is 9.85. The summed E-state index contributed by atoms with van der Waals surface area (Å²) < 4.78 is 11.9. The number of aromatic nitrogens is 1. The van der Waals surface area contributed by atoms with Crippen molar-refractivity contribution in [2.45, 2.75) is 64.8 Å². The second kappa shape index (κ2) is 8.06. The normalized spacial score (nSPS) is 20.9. The monoisotopic (exact) mass is 335 g/mol. The molecule has 128 valence electrons. The van der Waals surface area contributed by atoms with Gasteiger partial charge >= 0.3 is 5.97 Å². The topological polar surface area (TPSA) is 48.4 Å². The van der Waals surface area contributed by atoms with Gasteiger partial charge in [0.25, 0.3) is 0 Å². The Balaban J connectivity index is 2.28. The summed E-state index contributed by atoms with van der Waals surface area (Å²) >= 11 is 0. The van der Waals surface area contributed by atoms with Crippen LogP contribution in [-0.2, 0) is 20.4 Å². The Morgan fingerprint density at radius 3 is 2.57 bits per heavy atom. The molecular formula is C18H29NO3Si. The molecule has 0 amide bonds. The predicted octanol–water partition coefficient (Wildman–Crippen LogP) is 4.27. The van der Waals surface area contributed by atoms with Crippen LogP contribution in [0.4, 0.5) is 0 Å². The van der Waals surface area contributed by atoms with Gasteiger partial charge < -0.3 is 9.16 Å². The van der Waals surface area contributed by atoms with Crippen LogP contribution in [0.2, 0.25) is 18.1 Å². The van der Waals surface area contributed by atoms with Gasteiger partial charge in [-0.1, -0.05) is 26.8 Å². The van der Waals surface area contributed by atoms with Crippen molar-refractivity contribution in [2.75, 3.05) is 6.61 Å². The van der Waals surface area contributed by atoms with Gasteiger partial charge in [0, 0.05) is 6.20 Å². The average molecular weight is 336 g/mol. The number of nitrogens with zero attached hydrogens (tertiary/aromatic N) is 1. The van der Waals surface area contributed by atoms with Crippen LogP contribution in [0.1, 0.15) is 51.5 Å². The standard InChI is InChI=1S/C18H29NO3Si/c1-5-21-18(20)15-12-14-10-9-11-19-17(14)16(13-15)22-23(6-2,7-3)8-4/h9-11,15-16H,5-8,12-13H2,1-4H3/t15-,16+/m1/s1. The summed E-state index contributed by atoms with van der Waals surface area (Å²) in [5.74, 6) is -0.221. The van der Waals surface area contributed by atoms with Gasteiger partial charge in [0.15, 0.2) is 8.32 Å². The van der Waals surface area contributed by atoms with Crippen molar-refractivity contribution in [3.63, 3.8) is 0 Å². The van der Waals surface area contributed by atoms with Gasteiger partial charge in [-0.25, -0.2) is 0 Å². The highest BCUT2D eigenvalue weighted by Gasteiger charge is 2.39. The molecule has 0 N–H and O–H groups in total. The molecule has 2 atom stereocenters. The molecule has 0 unspecified atom stereocenters. The molecule has 0 saturated heterocycles. The Bertz CT molecular complexity index is 522. The minimum absolute atomic E-state index is 0.0686. The van der Waals surface area contributed by atoms with Gasteiger partial charge in [-0.3, -0.25) is 9.78 Å². The highest BCUT2D eigenvalue weighted by atomic mass is 28.4. The fraction of sp³-hybridized carbons (Fsp3) is 0.667. The molecule has 1 aromatic rings. The van der Waals surface area contributed by atoms with Crippen molar-refractivity contribution < 1.29 is 14.0 Å². The number of hydrogen-bond donors (Lipinski definition) is 0. The summed E-state index contributed by atoms with van der Waals surface area (Å²) in [6, 6.07) is 7.30. The zero-order valence-corrected chi connectivity index (χ0v) is 15.8. The molecule has 1 aliphatic carbocycles. The molecule has 5 heteroatoms. The highest BCUT2D eigenvalue weighted by molar-refractivity contribution is 6.73. The van der Waals surface area contributed by atoms with Gasteiger partial charge in [-0.2, -0.15) is 0 Å². The summed E-state index contributed by atoms with van der Waals surface area (Å²) in [5.41, 5.74) is 2.16. The van der Waals surface area contributed by atoms with E-state index in [1.54, 1.807) is 0 Å². The molecule has 0 aliphatic heterocycles. The number of pyridine rings is 1. The Labute approximate surface area is 140 Å². The third-order valence-corrected chi connectivity index (χ3v) is 9.79. The summed E-state index contributed by atoms with van der Waals surface area (Å²) in [6.07, 6.45) is 3.16. The summed E-state index contributed by atoms with van der Waals surface area (Å²) in [4.78, 5) is 16.8. The summed E-state index contributed by atoms with van der Waals surface area (Å²) in [7, 11) is -1.75. The van der Waals surface area contributed by atoms with E-state index in [2.05, 4.69) is 31.8 Å². The van der Waals surface area contributed by atoms with Crippen LogP contribution in [0.5, 0.6) is 0 Å². The van der Waals surface area contributed by atoms with Crippen LogP contribution in [0.3, 0.4) is 0 Å². The second-order valence-corrected chi connectivity index (χ2v) is 11.0. The predicted molar refractivity (Wildman–Crippen MR) is 93.7 cm³/mol. The van der Waals surface area contributed by atoms with Gasteiger partial charge in [0.2, 0.25) is 0 Å². The Morgan fingerprint density at radius 1 is 1.26 bits per heavy atom. The molecule has 1 heterocycles. The van der Waals surface area contributed by atoms with Crippen molar-refractivity contribution in [1.29, 1.82) is 0 Å². The van der Waals surface area contributed by atoms with Crippen LogP contribution in [0.15, 0.2) is 18.3 Å². The van der Waals surface area contributed by atoms with Gasteiger partial charge in [-0.05, 0) is 49.5 Å². The molecule has 4 nitrogen and oxygen atoms in total. The Kier molecular flexibility index (Phi) is 6.36. The van der Waals surface area contributed by atoms with Crippen LogP contribution in [0.25, 0.3) is 0 Å². The van der Waals surface area contributed by atoms with Crippen molar-refractivity contribution >= 4 is 14.3 Å². The quantitative estimate of drug-likeness (QED) is 0.551. The average Bonchev–Trinajstić information content (AvgIpc) is 2.59. The second-order valence-electron chi connectivity index (χ2n) is 6.29. The number of esters is 1. The van der Waals surface area contributed by atoms with Crippen molar-refractivity contribution in [1.82, 2.24) is 4.98 Å². The minimum Gasteiger partial charge on any atom is -0.466 e. The van der Waals surface area contributed by atoms with Gasteiger partial charge in [-0.15, -0.1) is 0 Å². The Hall–Kier alpha value is -1.20.